The van der Waals surface area contributed by atoms with E-state index in [1.165, 1.54) is 25.0 Å². The molecule has 148 valence electrons. The highest BCUT2D eigenvalue weighted by molar-refractivity contribution is 7.89. The molecule has 0 spiro atoms. The molecule has 0 aromatic heterocycles. The Balaban J connectivity index is 1.59. The molecule has 27 heavy (non-hydrogen) atoms. The van der Waals surface area contributed by atoms with Gasteiger partial charge in [-0.1, -0.05) is 0 Å². The van der Waals surface area contributed by atoms with Crippen molar-refractivity contribution in [1.29, 1.82) is 0 Å². The molecule has 0 radical (unpaired) electrons. The van der Waals surface area contributed by atoms with Crippen molar-refractivity contribution in [2.45, 2.75) is 62.9 Å². The molecular weight excluding hydrogens is 366 g/mol. The Morgan fingerprint density at radius 2 is 1.74 bits per heavy atom. The van der Waals surface area contributed by atoms with E-state index in [0.717, 1.165) is 31.8 Å². The van der Waals surface area contributed by atoms with Crippen LogP contribution in [0, 0.1) is 29.9 Å². The summed E-state index contributed by atoms with van der Waals surface area (Å²) in [6.07, 6.45) is 5.67. The smallest absolute Gasteiger partial charge is 0.270 e. The second kappa shape index (κ2) is 6.83. The van der Waals surface area contributed by atoms with Crippen molar-refractivity contribution in [3.8, 4) is 0 Å². The molecule has 4 rings (SSSR count). The van der Waals surface area contributed by atoms with Crippen molar-refractivity contribution in [2.75, 3.05) is 19.6 Å². The number of benzene rings is 1. The van der Waals surface area contributed by atoms with Crippen LogP contribution in [0.15, 0.2) is 17.0 Å². The summed E-state index contributed by atoms with van der Waals surface area (Å²) in [5, 5.41) is 11.1. The summed E-state index contributed by atoms with van der Waals surface area (Å²) in [7, 11) is -3.65. The van der Waals surface area contributed by atoms with Gasteiger partial charge < -0.3 is 0 Å². The van der Waals surface area contributed by atoms with Gasteiger partial charge in [0.25, 0.3) is 5.69 Å². The maximum atomic E-state index is 13.4. The predicted octanol–water partition coefficient (Wildman–Crippen LogP) is 2.85. The number of likely N-dealkylation sites (tertiary alicyclic amines) is 1. The first-order chi connectivity index (χ1) is 12.8. The second-order valence-corrected chi connectivity index (χ2v) is 10.1. The minimum Gasteiger partial charge on any atom is -0.297 e. The Bertz CT molecular complexity index is 843. The molecule has 1 saturated carbocycles. The summed E-state index contributed by atoms with van der Waals surface area (Å²) >= 11 is 0. The molecule has 7 nitrogen and oxygen atoms in total. The fourth-order valence-corrected chi connectivity index (χ4v) is 6.98. The molecule has 2 unspecified atom stereocenters. The molecule has 0 amide bonds. The summed E-state index contributed by atoms with van der Waals surface area (Å²) in [6, 6.07) is 3.96. The van der Waals surface area contributed by atoms with E-state index in [-0.39, 0.29) is 10.6 Å². The number of nitro benzene ring substituents is 1. The minimum absolute atomic E-state index is 0.0602. The van der Waals surface area contributed by atoms with E-state index in [2.05, 4.69) is 4.90 Å². The average molecular weight is 394 g/mol. The normalized spacial score (nSPS) is 27.3. The Morgan fingerprint density at radius 3 is 2.33 bits per heavy atom. The number of nitrogens with zero attached hydrogens (tertiary/aromatic N) is 3. The first-order valence-electron chi connectivity index (χ1n) is 9.80. The van der Waals surface area contributed by atoms with Gasteiger partial charge in [-0.25, -0.2) is 8.42 Å². The third-order valence-corrected chi connectivity index (χ3v) is 8.51. The maximum absolute atomic E-state index is 13.4. The quantitative estimate of drug-likeness (QED) is 0.580. The number of non-ortho nitro benzene ring substituents is 1. The van der Waals surface area contributed by atoms with E-state index < -0.39 is 14.9 Å². The molecule has 2 atom stereocenters. The van der Waals surface area contributed by atoms with Crippen molar-refractivity contribution < 1.29 is 13.3 Å². The van der Waals surface area contributed by atoms with Crippen LogP contribution in [0.5, 0.6) is 0 Å². The van der Waals surface area contributed by atoms with Crippen LogP contribution in [-0.4, -0.2) is 54.3 Å². The van der Waals surface area contributed by atoms with Crippen molar-refractivity contribution in [2.24, 2.45) is 5.92 Å². The standard InChI is InChI=1S/C19H27N3O4S/c1-13-10-17(22(23)24)11-14(2)19(13)27(25,26)20-9-7-18-15(12-20)4-3-8-21(18)16-5-6-16/h10-11,15-16,18H,3-9,12H2,1-2H3. The Morgan fingerprint density at radius 1 is 1.07 bits per heavy atom. The third-order valence-electron chi connectivity index (χ3n) is 6.34. The lowest BCUT2D eigenvalue weighted by Crippen LogP contribution is -2.55. The van der Waals surface area contributed by atoms with Crippen LogP contribution in [0.2, 0.25) is 0 Å². The summed E-state index contributed by atoms with van der Waals surface area (Å²) in [5.41, 5.74) is 0.842. The molecule has 1 aliphatic carbocycles. The zero-order valence-electron chi connectivity index (χ0n) is 15.9. The summed E-state index contributed by atoms with van der Waals surface area (Å²) in [6.45, 7) is 5.54. The summed E-state index contributed by atoms with van der Waals surface area (Å²) in [4.78, 5) is 13.4. The van der Waals surface area contributed by atoms with Gasteiger partial charge in [-0.15, -0.1) is 0 Å². The first-order valence-corrected chi connectivity index (χ1v) is 11.2. The van der Waals surface area contributed by atoms with Gasteiger partial charge in [-0.3, -0.25) is 15.0 Å². The van der Waals surface area contributed by atoms with Gasteiger partial charge in [-0.2, -0.15) is 4.31 Å². The molecule has 8 heteroatoms. The van der Waals surface area contributed by atoms with Crippen LogP contribution in [-0.2, 0) is 10.0 Å². The minimum atomic E-state index is -3.65. The van der Waals surface area contributed by atoms with Crippen molar-refractivity contribution in [3.63, 3.8) is 0 Å². The number of piperidine rings is 2. The zero-order chi connectivity index (χ0) is 19.3. The molecule has 1 aromatic rings. The SMILES string of the molecule is Cc1cc([N+](=O)[O-])cc(C)c1S(=O)(=O)N1CCC2C(CCCN2C2CC2)C1. The van der Waals surface area contributed by atoms with Gasteiger partial charge in [0.2, 0.25) is 10.0 Å². The molecule has 3 fully saturated rings. The van der Waals surface area contributed by atoms with Crippen molar-refractivity contribution in [1.82, 2.24) is 9.21 Å². The van der Waals surface area contributed by atoms with Crippen LogP contribution in [0.4, 0.5) is 5.69 Å². The van der Waals surface area contributed by atoms with E-state index in [4.69, 9.17) is 0 Å². The van der Waals surface area contributed by atoms with Gasteiger partial charge in [0.05, 0.1) is 9.82 Å². The van der Waals surface area contributed by atoms with Gasteiger partial charge in [-0.05, 0) is 69.5 Å². The lowest BCUT2D eigenvalue weighted by molar-refractivity contribution is -0.385. The topological polar surface area (TPSA) is 83.8 Å². The highest BCUT2D eigenvalue weighted by Crippen LogP contribution is 2.40. The van der Waals surface area contributed by atoms with Gasteiger partial charge >= 0.3 is 0 Å². The van der Waals surface area contributed by atoms with Gasteiger partial charge in [0, 0.05) is 37.3 Å². The summed E-state index contributed by atoms with van der Waals surface area (Å²) < 4.78 is 28.3. The fourth-order valence-electron chi connectivity index (χ4n) is 5.06. The Hall–Kier alpha value is -1.51. The second-order valence-electron chi connectivity index (χ2n) is 8.26. The van der Waals surface area contributed by atoms with Crippen LogP contribution in [0.25, 0.3) is 0 Å². The maximum Gasteiger partial charge on any atom is 0.270 e. The third kappa shape index (κ3) is 3.39. The van der Waals surface area contributed by atoms with E-state index in [0.29, 0.717) is 36.2 Å². The number of fused-ring (bicyclic) bond motifs is 1. The van der Waals surface area contributed by atoms with Gasteiger partial charge in [0.1, 0.15) is 0 Å². The Kier molecular flexibility index (Phi) is 4.76. The van der Waals surface area contributed by atoms with Gasteiger partial charge in [0.15, 0.2) is 0 Å². The molecule has 0 N–H and O–H groups in total. The molecule has 2 heterocycles. The number of nitro groups is 1. The number of sulfonamides is 1. The predicted molar refractivity (Wildman–Crippen MR) is 102 cm³/mol. The largest absolute Gasteiger partial charge is 0.297 e. The average Bonchev–Trinajstić information content (AvgIpc) is 3.44. The molecule has 2 aliphatic heterocycles. The van der Waals surface area contributed by atoms with Crippen LogP contribution in [0.1, 0.15) is 43.2 Å². The van der Waals surface area contributed by atoms with E-state index >= 15 is 0 Å². The van der Waals surface area contributed by atoms with E-state index in [9.17, 15) is 18.5 Å². The molecular formula is C19H27N3O4S. The zero-order valence-corrected chi connectivity index (χ0v) is 16.7. The van der Waals surface area contributed by atoms with Crippen LogP contribution >= 0.6 is 0 Å². The monoisotopic (exact) mass is 393 g/mol. The van der Waals surface area contributed by atoms with E-state index in [1.54, 1.807) is 18.2 Å². The molecule has 3 aliphatic rings. The fraction of sp³-hybridized carbons (Fsp3) is 0.684. The lowest BCUT2D eigenvalue weighted by Gasteiger charge is -2.47. The molecule has 1 aromatic carbocycles. The summed E-state index contributed by atoms with van der Waals surface area (Å²) in [5.74, 6) is 0.390. The van der Waals surface area contributed by atoms with Crippen LogP contribution in [0.3, 0.4) is 0 Å². The molecule has 0 bridgehead atoms. The number of hydrogen-bond acceptors (Lipinski definition) is 5. The van der Waals surface area contributed by atoms with Crippen LogP contribution < -0.4 is 0 Å². The van der Waals surface area contributed by atoms with Crippen molar-refractivity contribution >= 4 is 15.7 Å². The highest BCUT2D eigenvalue weighted by Gasteiger charge is 2.44. The van der Waals surface area contributed by atoms with Crippen molar-refractivity contribution in [3.05, 3.63) is 33.4 Å². The number of aryl methyl sites for hydroxylation is 2. The number of rotatable bonds is 4. The number of hydrogen-bond donors (Lipinski definition) is 0. The first kappa shape index (κ1) is 18.8. The van der Waals surface area contributed by atoms with E-state index in [1.807, 2.05) is 0 Å². The lowest BCUT2D eigenvalue weighted by atomic mass is 9.84. The Labute approximate surface area is 160 Å². The highest BCUT2D eigenvalue weighted by atomic mass is 32.2. The molecule has 2 saturated heterocycles.